The van der Waals surface area contributed by atoms with Gasteiger partial charge in [-0.25, -0.2) is 0 Å². The van der Waals surface area contributed by atoms with E-state index in [1.54, 1.807) is 18.2 Å². The van der Waals surface area contributed by atoms with Crippen molar-refractivity contribution in [1.29, 1.82) is 0 Å². The molecule has 1 atom stereocenters. The molecule has 1 heterocycles. The van der Waals surface area contributed by atoms with Crippen LogP contribution in [0, 0.1) is 6.92 Å². The van der Waals surface area contributed by atoms with E-state index in [0.717, 1.165) is 22.0 Å². The molecule has 3 rings (SSSR count). The smallest absolute Gasteiger partial charge is 0.247 e. The van der Waals surface area contributed by atoms with Crippen LogP contribution < -0.4 is 10.6 Å². The van der Waals surface area contributed by atoms with Gasteiger partial charge >= 0.3 is 0 Å². The number of rotatable bonds is 5. The highest BCUT2D eigenvalue weighted by atomic mass is 16.3. The molecule has 0 fully saturated rings. The third-order valence-electron chi connectivity index (χ3n) is 4.20. The fourth-order valence-electron chi connectivity index (χ4n) is 2.94. The Labute approximate surface area is 151 Å². The molecule has 0 saturated heterocycles. The Balaban J connectivity index is 1.83. The summed E-state index contributed by atoms with van der Waals surface area (Å²) in [6.07, 6.45) is 2.18. The molecule has 4 N–H and O–H groups in total. The van der Waals surface area contributed by atoms with Crippen molar-refractivity contribution >= 4 is 28.4 Å². The van der Waals surface area contributed by atoms with Gasteiger partial charge in [0.05, 0.1) is 5.69 Å². The maximum absolute atomic E-state index is 12.7. The van der Waals surface area contributed by atoms with Crippen LogP contribution in [0.3, 0.4) is 0 Å². The number of aromatic hydroxyl groups is 1. The standard InChI is InChI=1S/C20H21N3O3/c1-12-7-8-17(19(25)9-12)23-20(26)18(22-13(2)24)10-14-11-21-16-6-4-3-5-15(14)16/h3-9,11,18,21,25H,10H2,1-2H3,(H,22,24)(H,23,26)/t18-/m0/s1. The first kappa shape index (κ1) is 17.5. The first-order valence-electron chi connectivity index (χ1n) is 8.36. The van der Waals surface area contributed by atoms with Gasteiger partial charge in [-0.05, 0) is 36.2 Å². The van der Waals surface area contributed by atoms with E-state index < -0.39 is 6.04 Å². The Bertz CT molecular complexity index is 962. The number of anilines is 1. The van der Waals surface area contributed by atoms with Crippen molar-refractivity contribution in [2.45, 2.75) is 26.3 Å². The monoisotopic (exact) mass is 351 g/mol. The minimum atomic E-state index is -0.757. The average molecular weight is 351 g/mol. The van der Waals surface area contributed by atoms with E-state index in [-0.39, 0.29) is 17.6 Å². The summed E-state index contributed by atoms with van der Waals surface area (Å²) in [5, 5.41) is 16.4. The third-order valence-corrected chi connectivity index (χ3v) is 4.20. The van der Waals surface area contributed by atoms with Gasteiger partial charge in [-0.3, -0.25) is 9.59 Å². The molecule has 0 aliphatic carbocycles. The predicted octanol–water partition coefficient (Wildman–Crippen LogP) is 2.87. The second-order valence-corrected chi connectivity index (χ2v) is 6.33. The van der Waals surface area contributed by atoms with E-state index in [9.17, 15) is 14.7 Å². The molecule has 1 aromatic heterocycles. The minimum absolute atomic E-state index is 0.00739. The predicted molar refractivity (Wildman–Crippen MR) is 101 cm³/mol. The van der Waals surface area contributed by atoms with Crippen LogP contribution in [-0.4, -0.2) is 27.9 Å². The van der Waals surface area contributed by atoms with E-state index in [1.807, 2.05) is 37.4 Å². The number of nitrogens with one attached hydrogen (secondary N) is 3. The summed E-state index contributed by atoms with van der Waals surface area (Å²) in [6, 6.07) is 12.0. The number of phenols is 1. The molecule has 0 aliphatic rings. The van der Waals surface area contributed by atoms with Crippen molar-refractivity contribution in [3.8, 4) is 5.75 Å². The largest absolute Gasteiger partial charge is 0.506 e. The molecule has 0 unspecified atom stereocenters. The molecule has 0 aliphatic heterocycles. The quantitative estimate of drug-likeness (QED) is 0.532. The Morgan fingerprint density at radius 3 is 2.69 bits per heavy atom. The molecule has 0 saturated carbocycles. The molecule has 3 aromatic rings. The van der Waals surface area contributed by atoms with Gasteiger partial charge in [0.25, 0.3) is 0 Å². The van der Waals surface area contributed by atoms with E-state index >= 15 is 0 Å². The molecule has 0 spiro atoms. The Morgan fingerprint density at radius 2 is 1.96 bits per heavy atom. The number of hydrogen-bond donors (Lipinski definition) is 4. The number of benzene rings is 2. The number of aryl methyl sites for hydroxylation is 1. The van der Waals surface area contributed by atoms with Crippen LogP contribution in [-0.2, 0) is 16.0 Å². The number of H-pyrrole nitrogens is 1. The highest BCUT2D eigenvalue weighted by Crippen LogP contribution is 2.25. The number of aromatic amines is 1. The number of amides is 2. The van der Waals surface area contributed by atoms with Crippen molar-refractivity contribution < 1.29 is 14.7 Å². The fraction of sp³-hybridized carbons (Fsp3) is 0.200. The van der Waals surface area contributed by atoms with Gasteiger partial charge < -0.3 is 20.7 Å². The zero-order valence-electron chi connectivity index (χ0n) is 14.7. The van der Waals surface area contributed by atoms with Crippen LogP contribution in [0.4, 0.5) is 5.69 Å². The zero-order chi connectivity index (χ0) is 18.7. The summed E-state index contributed by atoms with van der Waals surface area (Å²) < 4.78 is 0. The van der Waals surface area contributed by atoms with Gasteiger partial charge in [-0.2, -0.15) is 0 Å². The number of carbonyl (C=O) groups excluding carboxylic acids is 2. The van der Waals surface area contributed by atoms with E-state index in [0.29, 0.717) is 12.1 Å². The van der Waals surface area contributed by atoms with Crippen LogP contribution in [0.15, 0.2) is 48.7 Å². The van der Waals surface area contributed by atoms with Crippen molar-refractivity contribution in [1.82, 2.24) is 10.3 Å². The summed E-state index contributed by atoms with van der Waals surface area (Å²) in [7, 11) is 0. The number of fused-ring (bicyclic) bond motifs is 1. The van der Waals surface area contributed by atoms with Crippen molar-refractivity contribution in [2.75, 3.05) is 5.32 Å². The normalized spacial score (nSPS) is 11.9. The number of phenolic OH excluding ortho intramolecular Hbond substituents is 1. The fourth-order valence-corrected chi connectivity index (χ4v) is 2.94. The van der Waals surface area contributed by atoms with E-state index in [4.69, 9.17) is 0 Å². The van der Waals surface area contributed by atoms with Gasteiger partial charge in [-0.15, -0.1) is 0 Å². The molecule has 0 radical (unpaired) electrons. The van der Waals surface area contributed by atoms with Gasteiger partial charge in [0.1, 0.15) is 11.8 Å². The summed E-state index contributed by atoms with van der Waals surface area (Å²) in [5.74, 6) is -0.685. The van der Waals surface area contributed by atoms with Crippen LogP contribution in [0.1, 0.15) is 18.1 Å². The molecule has 0 bridgehead atoms. The second-order valence-electron chi connectivity index (χ2n) is 6.33. The van der Waals surface area contributed by atoms with Crippen LogP contribution in [0.2, 0.25) is 0 Å². The lowest BCUT2D eigenvalue weighted by Gasteiger charge is -2.18. The maximum atomic E-state index is 12.7. The van der Waals surface area contributed by atoms with Crippen molar-refractivity contribution in [3.05, 3.63) is 59.8 Å². The lowest BCUT2D eigenvalue weighted by Crippen LogP contribution is -2.44. The Kier molecular flexibility index (Phi) is 4.93. The van der Waals surface area contributed by atoms with Crippen molar-refractivity contribution in [3.63, 3.8) is 0 Å². The molecule has 6 nitrogen and oxygen atoms in total. The summed E-state index contributed by atoms with van der Waals surface area (Å²) in [6.45, 7) is 3.22. The van der Waals surface area contributed by atoms with Crippen molar-refractivity contribution in [2.24, 2.45) is 0 Å². The average Bonchev–Trinajstić information content (AvgIpc) is 2.99. The van der Waals surface area contributed by atoms with Crippen LogP contribution in [0.5, 0.6) is 5.75 Å². The second kappa shape index (κ2) is 7.31. The Hall–Kier alpha value is -3.28. The maximum Gasteiger partial charge on any atom is 0.247 e. The Morgan fingerprint density at radius 1 is 1.19 bits per heavy atom. The SMILES string of the molecule is CC(=O)N[C@@H](Cc1c[nH]c2ccccc12)C(=O)Nc1ccc(C)cc1O. The molecule has 2 amide bonds. The first-order chi connectivity index (χ1) is 12.4. The molecular formula is C20H21N3O3. The lowest BCUT2D eigenvalue weighted by molar-refractivity contribution is -0.125. The third kappa shape index (κ3) is 3.85. The first-order valence-corrected chi connectivity index (χ1v) is 8.36. The summed E-state index contributed by atoms with van der Waals surface area (Å²) in [4.78, 5) is 27.4. The number of carbonyl (C=O) groups is 2. The van der Waals surface area contributed by atoms with Gasteiger partial charge in [-0.1, -0.05) is 24.3 Å². The van der Waals surface area contributed by atoms with Gasteiger partial charge in [0, 0.05) is 30.4 Å². The van der Waals surface area contributed by atoms with E-state index in [2.05, 4.69) is 15.6 Å². The van der Waals surface area contributed by atoms with Gasteiger partial charge in [0.15, 0.2) is 0 Å². The highest BCUT2D eigenvalue weighted by molar-refractivity contribution is 5.98. The lowest BCUT2D eigenvalue weighted by atomic mass is 10.0. The summed E-state index contributed by atoms with van der Waals surface area (Å²) in [5.41, 5.74) is 3.11. The molecule has 26 heavy (non-hydrogen) atoms. The van der Waals surface area contributed by atoms with Gasteiger partial charge in [0.2, 0.25) is 11.8 Å². The van der Waals surface area contributed by atoms with E-state index in [1.165, 1.54) is 6.92 Å². The molecule has 134 valence electrons. The topological polar surface area (TPSA) is 94.2 Å². The minimum Gasteiger partial charge on any atom is -0.506 e. The number of hydrogen-bond acceptors (Lipinski definition) is 3. The molecular weight excluding hydrogens is 330 g/mol. The zero-order valence-corrected chi connectivity index (χ0v) is 14.7. The molecule has 2 aromatic carbocycles. The van der Waals surface area contributed by atoms with Crippen LogP contribution >= 0.6 is 0 Å². The number of para-hydroxylation sites is 1. The van der Waals surface area contributed by atoms with Crippen LogP contribution in [0.25, 0.3) is 10.9 Å². The highest BCUT2D eigenvalue weighted by Gasteiger charge is 2.22. The number of aromatic nitrogens is 1. The summed E-state index contributed by atoms with van der Waals surface area (Å²) >= 11 is 0. The molecule has 6 heteroatoms.